The van der Waals surface area contributed by atoms with Crippen molar-refractivity contribution in [3.8, 4) is 11.5 Å². The molecular formula is C11H13NO3. The van der Waals surface area contributed by atoms with Crippen molar-refractivity contribution in [2.75, 3.05) is 20.3 Å². The molecule has 0 fully saturated rings. The Morgan fingerprint density at radius 2 is 2.20 bits per heavy atom. The van der Waals surface area contributed by atoms with Crippen molar-refractivity contribution in [2.24, 2.45) is 4.99 Å². The molecule has 1 rings (SSSR count). The first-order chi connectivity index (χ1) is 7.27. The molecule has 15 heavy (non-hydrogen) atoms. The zero-order chi connectivity index (χ0) is 11.1. The van der Waals surface area contributed by atoms with Gasteiger partial charge in [-0.05, 0) is 24.6 Å². The van der Waals surface area contributed by atoms with Crippen LogP contribution in [0.2, 0.25) is 0 Å². The number of hydrogen-bond acceptors (Lipinski definition) is 4. The van der Waals surface area contributed by atoms with E-state index >= 15 is 0 Å². The van der Waals surface area contributed by atoms with E-state index in [2.05, 4.69) is 4.99 Å². The first-order valence-corrected chi connectivity index (χ1v) is 4.59. The van der Waals surface area contributed by atoms with E-state index in [0.717, 1.165) is 5.56 Å². The Bertz CT molecular complexity index is 370. The third-order valence-corrected chi connectivity index (χ3v) is 1.84. The molecule has 0 aliphatic rings. The van der Waals surface area contributed by atoms with E-state index in [1.807, 2.05) is 25.1 Å². The molecule has 0 spiro atoms. The number of hydrogen-bond donors (Lipinski definition) is 0. The summed E-state index contributed by atoms with van der Waals surface area (Å²) in [6.07, 6.45) is 1.46. The maximum Gasteiger partial charge on any atom is 0.235 e. The average Bonchev–Trinajstić information content (AvgIpc) is 2.26. The van der Waals surface area contributed by atoms with Gasteiger partial charge in [0.05, 0.1) is 13.7 Å². The first-order valence-electron chi connectivity index (χ1n) is 4.59. The van der Waals surface area contributed by atoms with Crippen molar-refractivity contribution >= 4 is 6.08 Å². The second-order valence-corrected chi connectivity index (χ2v) is 2.98. The Kier molecular flexibility index (Phi) is 4.38. The third-order valence-electron chi connectivity index (χ3n) is 1.84. The van der Waals surface area contributed by atoms with E-state index < -0.39 is 0 Å². The van der Waals surface area contributed by atoms with Crippen LogP contribution >= 0.6 is 0 Å². The lowest BCUT2D eigenvalue weighted by atomic mass is 10.2. The van der Waals surface area contributed by atoms with Crippen molar-refractivity contribution < 1.29 is 14.3 Å². The predicted octanol–water partition coefficient (Wildman–Crippen LogP) is 1.72. The van der Waals surface area contributed by atoms with Gasteiger partial charge in [0.25, 0.3) is 0 Å². The van der Waals surface area contributed by atoms with Crippen LogP contribution in [0.4, 0.5) is 0 Å². The lowest BCUT2D eigenvalue weighted by Crippen LogP contribution is -2.02. The molecule has 4 heteroatoms. The number of aryl methyl sites for hydroxylation is 1. The molecule has 0 aromatic heterocycles. The number of aliphatic imine (C=N–C) groups is 1. The summed E-state index contributed by atoms with van der Waals surface area (Å²) in [5.74, 6) is 1.34. The van der Waals surface area contributed by atoms with Crippen LogP contribution in [-0.2, 0) is 4.79 Å². The van der Waals surface area contributed by atoms with Crippen molar-refractivity contribution in [3.63, 3.8) is 0 Å². The summed E-state index contributed by atoms with van der Waals surface area (Å²) in [6.45, 7) is 2.62. The molecule has 1 aromatic rings. The average molecular weight is 207 g/mol. The molecule has 0 aliphatic heterocycles. The largest absolute Gasteiger partial charge is 0.493 e. The lowest BCUT2D eigenvalue weighted by molar-refractivity contribution is 0.302. The highest BCUT2D eigenvalue weighted by Gasteiger charge is 2.03. The minimum Gasteiger partial charge on any atom is -0.493 e. The second kappa shape index (κ2) is 5.83. The minimum absolute atomic E-state index is 0.306. The Morgan fingerprint density at radius 3 is 2.87 bits per heavy atom. The quantitative estimate of drug-likeness (QED) is 0.419. The summed E-state index contributed by atoms with van der Waals surface area (Å²) < 4.78 is 10.5. The van der Waals surface area contributed by atoms with Crippen LogP contribution in [0.3, 0.4) is 0 Å². The zero-order valence-corrected chi connectivity index (χ0v) is 8.82. The number of benzene rings is 1. The molecule has 0 saturated carbocycles. The maximum absolute atomic E-state index is 9.81. The lowest BCUT2D eigenvalue weighted by Gasteiger charge is -2.09. The Hall–Kier alpha value is -1.80. The molecule has 0 atom stereocenters. The zero-order valence-electron chi connectivity index (χ0n) is 8.82. The molecule has 0 unspecified atom stereocenters. The summed E-state index contributed by atoms with van der Waals surface area (Å²) in [5.41, 5.74) is 1.10. The van der Waals surface area contributed by atoms with E-state index in [1.165, 1.54) is 6.08 Å². The van der Waals surface area contributed by atoms with Gasteiger partial charge < -0.3 is 9.47 Å². The Balaban J connectivity index is 2.63. The highest BCUT2D eigenvalue weighted by Crippen LogP contribution is 2.27. The Morgan fingerprint density at radius 1 is 1.40 bits per heavy atom. The maximum atomic E-state index is 9.81. The molecule has 0 bridgehead atoms. The highest BCUT2D eigenvalue weighted by atomic mass is 16.5. The topological polar surface area (TPSA) is 47.9 Å². The van der Waals surface area contributed by atoms with Gasteiger partial charge in [-0.1, -0.05) is 6.07 Å². The number of nitrogens with zero attached hydrogens (tertiary/aromatic N) is 1. The summed E-state index contributed by atoms with van der Waals surface area (Å²) in [6, 6.07) is 5.65. The van der Waals surface area contributed by atoms with E-state index in [-0.39, 0.29) is 0 Å². The van der Waals surface area contributed by atoms with E-state index in [4.69, 9.17) is 9.47 Å². The summed E-state index contributed by atoms with van der Waals surface area (Å²) >= 11 is 0. The molecule has 0 saturated heterocycles. The summed E-state index contributed by atoms with van der Waals surface area (Å²) in [4.78, 5) is 13.2. The van der Waals surface area contributed by atoms with Crippen LogP contribution in [-0.4, -0.2) is 26.3 Å². The molecule has 1 aromatic carbocycles. The van der Waals surface area contributed by atoms with Gasteiger partial charge in [0.1, 0.15) is 6.61 Å². The molecule has 0 heterocycles. The van der Waals surface area contributed by atoms with E-state index in [9.17, 15) is 4.79 Å². The van der Waals surface area contributed by atoms with Gasteiger partial charge in [-0.2, -0.15) is 0 Å². The Labute approximate surface area is 88.5 Å². The number of isocyanates is 1. The van der Waals surface area contributed by atoms with Crippen LogP contribution in [0.25, 0.3) is 0 Å². The van der Waals surface area contributed by atoms with Crippen molar-refractivity contribution in [1.82, 2.24) is 0 Å². The van der Waals surface area contributed by atoms with Gasteiger partial charge in [-0.3, -0.25) is 0 Å². The normalized spacial score (nSPS) is 9.20. The number of carbonyl (C=O) groups excluding carboxylic acids is 1. The van der Waals surface area contributed by atoms with Crippen molar-refractivity contribution in [2.45, 2.75) is 6.92 Å². The predicted molar refractivity (Wildman–Crippen MR) is 56.2 cm³/mol. The standard InChI is InChI=1S/C11H13NO3/c1-9-3-4-10(11(7-9)14-2)15-6-5-12-8-13/h3-4,7H,5-6H2,1-2H3. The van der Waals surface area contributed by atoms with Crippen molar-refractivity contribution in [3.05, 3.63) is 23.8 Å². The van der Waals surface area contributed by atoms with Crippen LogP contribution in [0.15, 0.2) is 23.2 Å². The number of ether oxygens (including phenoxy) is 2. The molecule has 0 aliphatic carbocycles. The molecule has 0 radical (unpaired) electrons. The van der Waals surface area contributed by atoms with Crippen molar-refractivity contribution in [1.29, 1.82) is 0 Å². The monoisotopic (exact) mass is 207 g/mol. The smallest absolute Gasteiger partial charge is 0.235 e. The minimum atomic E-state index is 0.306. The van der Waals surface area contributed by atoms with Crippen LogP contribution in [0.5, 0.6) is 11.5 Å². The molecule has 0 amide bonds. The molecule has 80 valence electrons. The third kappa shape index (κ3) is 3.44. The van der Waals surface area contributed by atoms with Crippen LogP contribution in [0, 0.1) is 6.92 Å². The van der Waals surface area contributed by atoms with Gasteiger partial charge in [-0.25, -0.2) is 9.79 Å². The van der Waals surface area contributed by atoms with Gasteiger partial charge in [0.15, 0.2) is 11.5 Å². The highest BCUT2D eigenvalue weighted by molar-refractivity contribution is 5.42. The second-order valence-electron chi connectivity index (χ2n) is 2.98. The first kappa shape index (κ1) is 11.3. The van der Waals surface area contributed by atoms with Crippen LogP contribution < -0.4 is 9.47 Å². The van der Waals surface area contributed by atoms with Gasteiger partial charge in [-0.15, -0.1) is 0 Å². The summed E-state index contributed by atoms with van der Waals surface area (Å²) in [5, 5.41) is 0. The molecule has 0 N–H and O–H groups in total. The van der Waals surface area contributed by atoms with Gasteiger partial charge >= 0.3 is 0 Å². The van der Waals surface area contributed by atoms with Gasteiger partial charge in [0.2, 0.25) is 6.08 Å². The van der Waals surface area contributed by atoms with Crippen LogP contribution in [0.1, 0.15) is 5.56 Å². The fraction of sp³-hybridized carbons (Fsp3) is 0.364. The summed E-state index contributed by atoms with van der Waals surface area (Å²) in [7, 11) is 1.59. The number of methoxy groups -OCH3 is 1. The fourth-order valence-electron chi connectivity index (χ4n) is 1.14. The van der Waals surface area contributed by atoms with E-state index in [1.54, 1.807) is 7.11 Å². The molecule has 4 nitrogen and oxygen atoms in total. The van der Waals surface area contributed by atoms with E-state index in [0.29, 0.717) is 24.7 Å². The van der Waals surface area contributed by atoms with Gasteiger partial charge in [0, 0.05) is 0 Å². The SMILES string of the molecule is COc1cc(C)ccc1OCCN=C=O. The number of rotatable bonds is 5. The molecular weight excluding hydrogens is 194 g/mol. The fourth-order valence-corrected chi connectivity index (χ4v) is 1.14.